The number of para-hydroxylation sites is 1. The Kier molecular flexibility index (Phi) is 11.1. The van der Waals surface area contributed by atoms with Crippen LogP contribution in [0.3, 0.4) is 0 Å². The zero-order chi connectivity index (χ0) is 26.3. The van der Waals surface area contributed by atoms with Crippen LogP contribution in [0.1, 0.15) is 29.8 Å². The third-order valence-electron chi connectivity index (χ3n) is 6.58. The van der Waals surface area contributed by atoms with Gasteiger partial charge in [-0.1, -0.05) is 11.8 Å². The van der Waals surface area contributed by atoms with E-state index >= 15 is 4.39 Å². The molecule has 0 aliphatic heterocycles. The van der Waals surface area contributed by atoms with Crippen LogP contribution < -0.4 is 16.2 Å². The number of aromatic nitrogens is 3. The number of rotatable bonds is 5. The van der Waals surface area contributed by atoms with E-state index in [1.807, 2.05) is 56.3 Å². The molecule has 0 saturated heterocycles. The molecular formula is C31H32FN4O2PW. The molecule has 206 valence electrons. The predicted octanol–water partition coefficient (Wildman–Crippen LogP) is 5.52. The third-order valence-corrected chi connectivity index (χ3v) is 6.90. The maximum atomic E-state index is 15.4. The molecule has 0 amide bonds. The fourth-order valence-corrected chi connectivity index (χ4v) is 4.92. The normalized spacial score (nSPS) is 11.2. The predicted molar refractivity (Wildman–Crippen MR) is 162 cm³/mol. The molecule has 3 aromatic heterocycles. The van der Waals surface area contributed by atoms with Crippen molar-refractivity contribution >= 4 is 31.0 Å². The van der Waals surface area contributed by atoms with Crippen LogP contribution in [0.15, 0.2) is 71.8 Å². The van der Waals surface area contributed by atoms with Crippen LogP contribution >= 0.6 is 9.24 Å². The van der Waals surface area contributed by atoms with Crippen LogP contribution in [0.25, 0.3) is 33.3 Å². The second kappa shape index (κ2) is 13.4. The van der Waals surface area contributed by atoms with Crippen molar-refractivity contribution in [3.63, 3.8) is 0 Å². The monoisotopic (exact) mass is 726 g/mol. The molecule has 0 aliphatic rings. The third kappa shape index (κ3) is 6.39. The smallest absolute Gasteiger partial charge is 0.412 e. The van der Waals surface area contributed by atoms with Crippen molar-refractivity contribution in [3.05, 3.63) is 113 Å². The van der Waals surface area contributed by atoms with E-state index in [-0.39, 0.29) is 51.3 Å². The fraction of sp³-hybridized carbons (Fsp3) is 0.161. The van der Waals surface area contributed by atoms with E-state index in [0.29, 0.717) is 27.9 Å². The standard InChI is InChI=1S/C30H27FN4OP.CH3.H2O.W/c1-17-10-23(19(3)34-21-8-6-5-7-9-21)25-14-28(35(4)30(36)26(25)11-17)20-12-27(31)29(33-15-20)24-13-22(37)16-32-18(24)2;;;/h5-8,10-16,19,34H,37H2,1-4H3;1H3;1H2;/q2*-1;;+2. The van der Waals surface area contributed by atoms with Crippen LogP contribution in [0.5, 0.6) is 0 Å². The van der Waals surface area contributed by atoms with E-state index in [0.717, 1.165) is 27.5 Å². The Bertz CT molecular complexity index is 1710. The molecular weight excluding hydrogens is 694 g/mol. The topological polar surface area (TPSA) is 91.3 Å². The number of pyridine rings is 3. The maximum absolute atomic E-state index is 15.4. The second-order valence-corrected chi connectivity index (χ2v) is 9.97. The Morgan fingerprint density at radius 1 is 1.05 bits per heavy atom. The number of fused-ring (bicyclic) bond motifs is 1. The molecule has 0 spiro atoms. The summed E-state index contributed by atoms with van der Waals surface area (Å²) in [4.78, 5) is 22.2. The quantitative estimate of drug-likeness (QED) is 0.191. The molecule has 6 nitrogen and oxygen atoms in total. The first-order chi connectivity index (χ1) is 17.7. The number of nitrogens with zero attached hydrogens (tertiary/aromatic N) is 3. The van der Waals surface area contributed by atoms with E-state index in [1.165, 1.54) is 6.07 Å². The molecule has 0 bridgehead atoms. The van der Waals surface area contributed by atoms with Crippen LogP contribution in [-0.4, -0.2) is 20.0 Å². The average molecular weight is 726 g/mol. The summed E-state index contributed by atoms with van der Waals surface area (Å²) in [5.74, 6) is -0.468. The molecule has 0 aliphatic carbocycles. The number of anilines is 1. The van der Waals surface area contributed by atoms with Gasteiger partial charge in [-0.2, -0.15) is 24.3 Å². The number of hydrogen-bond acceptors (Lipinski definition) is 4. The summed E-state index contributed by atoms with van der Waals surface area (Å²) in [5.41, 5.74) is 5.39. The Hall–Kier alpha value is -3.24. The summed E-state index contributed by atoms with van der Waals surface area (Å²) in [6.45, 7) is 5.86. The van der Waals surface area contributed by atoms with Crippen molar-refractivity contribution in [2.45, 2.75) is 26.8 Å². The van der Waals surface area contributed by atoms with Gasteiger partial charge in [-0.15, -0.1) is 15.3 Å². The first kappa shape index (κ1) is 33.0. The summed E-state index contributed by atoms with van der Waals surface area (Å²) in [5, 5.41) is 5.76. The number of hydrogen-bond donors (Lipinski definition) is 1. The van der Waals surface area contributed by atoms with Gasteiger partial charge < -0.3 is 22.8 Å². The van der Waals surface area contributed by atoms with E-state index in [9.17, 15) is 4.79 Å². The molecule has 40 heavy (non-hydrogen) atoms. The van der Waals surface area contributed by atoms with E-state index < -0.39 is 5.82 Å². The molecule has 5 aromatic rings. The van der Waals surface area contributed by atoms with Crippen LogP contribution in [0.2, 0.25) is 0 Å². The fourth-order valence-electron chi connectivity index (χ4n) is 4.68. The van der Waals surface area contributed by atoms with E-state index in [4.69, 9.17) is 0 Å². The second-order valence-electron chi connectivity index (χ2n) is 9.31. The number of benzene rings is 2. The van der Waals surface area contributed by atoms with Crippen molar-refractivity contribution in [2.75, 3.05) is 5.32 Å². The van der Waals surface area contributed by atoms with Crippen molar-refractivity contribution in [2.24, 2.45) is 7.05 Å². The SMILES string of the molecule is Cc1cc(C(C)Nc2[c-]cccc2)c2cc(-c3cnc(-c4cc(P)cnc4C)c(F)c3)n(C)c(=O)c2c1.O.[CH3-].[W+2]. The average Bonchev–Trinajstić information content (AvgIpc) is 2.88. The van der Waals surface area contributed by atoms with Gasteiger partial charge in [0.15, 0.2) is 0 Å². The van der Waals surface area contributed by atoms with Crippen molar-refractivity contribution in [1.29, 1.82) is 0 Å². The molecule has 0 radical (unpaired) electrons. The molecule has 3 N–H and O–H groups in total. The van der Waals surface area contributed by atoms with Crippen molar-refractivity contribution in [1.82, 2.24) is 14.5 Å². The van der Waals surface area contributed by atoms with Crippen LogP contribution in [-0.2, 0) is 28.1 Å². The molecule has 2 unspecified atom stereocenters. The summed E-state index contributed by atoms with van der Waals surface area (Å²) in [7, 11) is 4.28. The van der Waals surface area contributed by atoms with Gasteiger partial charge in [-0.05, 0) is 66.9 Å². The Morgan fingerprint density at radius 3 is 2.48 bits per heavy atom. The van der Waals surface area contributed by atoms with Crippen LogP contribution in [0.4, 0.5) is 10.1 Å². The Morgan fingerprint density at radius 2 is 1.80 bits per heavy atom. The minimum Gasteiger partial charge on any atom is -0.412 e. The molecule has 5 rings (SSSR count). The Labute approximate surface area is 250 Å². The van der Waals surface area contributed by atoms with Crippen LogP contribution in [0, 0.1) is 33.2 Å². The summed E-state index contributed by atoms with van der Waals surface area (Å²) >= 11 is 0. The van der Waals surface area contributed by atoms with Gasteiger partial charge in [0.1, 0.15) is 11.5 Å². The minimum absolute atomic E-state index is 0. The number of nitrogens with one attached hydrogen (secondary N) is 1. The van der Waals surface area contributed by atoms with Gasteiger partial charge in [0.2, 0.25) is 0 Å². The van der Waals surface area contributed by atoms with Gasteiger partial charge in [-0.3, -0.25) is 14.8 Å². The van der Waals surface area contributed by atoms with Gasteiger partial charge in [0, 0.05) is 47.7 Å². The molecule has 2 aromatic carbocycles. The van der Waals surface area contributed by atoms with Gasteiger partial charge >= 0.3 is 21.1 Å². The number of halogens is 1. The van der Waals surface area contributed by atoms with Crippen molar-refractivity contribution in [3.8, 4) is 22.5 Å². The summed E-state index contributed by atoms with van der Waals surface area (Å²) in [6.07, 6.45) is 3.33. The zero-order valence-electron chi connectivity index (χ0n) is 23.0. The summed E-state index contributed by atoms with van der Waals surface area (Å²) in [6, 6.07) is 20.0. The van der Waals surface area contributed by atoms with Crippen molar-refractivity contribution < 1.29 is 30.9 Å². The molecule has 9 heteroatoms. The number of aryl methyl sites for hydroxylation is 2. The van der Waals surface area contributed by atoms with E-state index in [1.54, 1.807) is 24.0 Å². The maximum Gasteiger partial charge on any atom is 2.00 e. The largest absolute Gasteiger partial charge is 2.00 e. The zero-order valence-corrected chi connectivity index (χ0v) is 27.1. The molecule has 0 fully saturated rings. The molecule has 2 atom stereocenters. The van der Waals surface area contributed by atoms with Gasteiger partial charge in [0.05, 0.1) is 5.69 Å². The van der Waals surface area contributed by atoms with Gasteiger partial charge in [-0.25, -0.2) is 4.39 Å². The minimum atomic E-state index is -0.468. The van der Waals surface area contributed by atoms with E-state index in [2.05, 4.69) is 43.6 Å². The Balaban J connectivity index is 0.00000187. The molecule has 3 heterocycles. The molecule has 0 saturated carbocycles. The summed E-state index contributed by atoms with van der Waals surface area (Å²) < 4.78 is 16.9. The first-order valence-corrected chi connectivity index (χ1v) is 12.6. The first-order valence-electron chi connectivity index (χ1n) is 12.0. The van der Waals surface area contributed by atoms with Gasteiger partial charge in [0.25, 0.3) is 5.56 Å².